The molecule has 0 unspecified atom stereocenters. The van der Waals surface area contributed by atoms with E-state index < -0.39 is 0 Å². The van der Waals surface area contributed by atoms with Crippen LogP contribution in [0, 0.1) is 17.9 Å². The fourth-order valence-corrected chi connectivity index (χ4v) is 5.08. The molecule has 0 saturated heterocycles. The zero-order valence-corrected chi connectivity index (χ0v) is 15.0. The minimum Gasteiger partial charge on any atom is -0.396 e. The van der Waals surface area contributed by atoms with Gasteiger partial charge in [0.05, 0.1) is 16.7 Å². The Balaban J connectivity index is 1.78. The van der Waals surface area contributed by atoms with Crippen molar-refractivity contribution in [2.45, 2.75) is 0 Å². The molecule has 0 N–H and O–H groups in total. The van der Waals surface area contributed by atoms with Crippen LogP contribution in [-0.4, -0.2) is 25.8 Å². The van der Waals surface area contributed by atoms with Crippen LogP contribution in [0.25, 0.3) is 38.3 Å². The molecule has 0 bridgehead atoms. The first-order chi connectivity index (χ1) is 14.3. The summed E-state index contributed by atoms with van der Waals surface area (Å²) in [6, 6.07) is 20.4. The van der Waals surface area contributed by atoms with Crippen molar-refractivity contribution in [2.75, 3.05) is 0 Å². The quantitative estimate of drug-likeness (QED) is 0.304. The maximum absolute atomic E-state index is 9.74. The van der Waals surface area contributed by atoms with Gasteiger partial charge in [-0.15, -0.1) is 11.6 Å². The first kappa shape index (κ1) is 14.7. The van der Waals surface area contributed by atoms with Crippen molar-refractivity contribution in [1.29, 1.82) is 5.26 Å². The Hall–Kier alpha value is -4.36. The van der Waals surface area contributed by atoms with Crippen LogP contribution in [-0.2, 0) is 0 Å². The van der Waals surface area contributed by atoms with Gasteiger partial charge in [-0.25, -0.2) is 4.98 Å². The summed E-state index contributed by atoms with van der Waals surface area (Å²) in [6.07, 6.45) is 0. The molecular weight excluding hydrogens is 359 g/mol. The molecule has 0 atom stereocenters. The highest BCUT2D eigenvalue weighted by Gasteiger charge is 2.42. The standard InChI is InChI=1S/C22H9BN6/c1-25-22-27-15-8-3-6-13-21(15)29(22)17-10-4-9-16-19(17)23(13)12-5-2-7-14-20(12)28(16)18(11-24)26-14/h2-10H. The van der Waals surface area contributed by atoms with Crippen molar-refractivity contribution < 1.29 is 0 Å². The van der Waals surface area contributed by atoms with E-state index in [-0.39, 0.29) is 6.71 Å². The Morgan fingerprint density at radius 1 is 0.862 bits per heavy atom. The highest BCUT2D eigenvalue weighted by molar-refractivity contribution is 7.00. The second kappa shape index (κ2) is 4.73. The number of aromatic nitrogens is 4. The van der Waals surface area contributed by atoms with E-state index in [0.29, 0.717) is 11.8 Å². The van der Waals surface area contributed by atoms with Gasteiger partial charge in [0.1, 0.15) is 11.6 Å². The molecule has 29 heavy (non-hydrogen) atoms. The second-order valence-electron chi connectivity index (χ2n) is 7.31. The van der Waals surface area contributed by atoms with Crippen LogP contribution in [0.2, 0.25) is 0 Å². The molecule has 130 valence electrons. The van der Waals surface area contributed by atoms with Crippen molar-refractivity contribution in [2.24, 2.45) is 0 Å². The molecule has 2 aliphatic heterocycles. The fourth-order valence-electron chi connectivity index (χ4n) is 5.08. The van der Waals surface area contributed by atoms with Crippen molar-refractivity contribution in [3.8, 4) is 17.4 Å². The lowest BCUT2D eigenvalue weighted by Crippen LogP contribution is -2.59. The lowest BCUT2D eigenvalue weighted by Gasteiger charge is -2.31. The molecule has 0 amide bonds. The van der Waals surface area contributed by atoms with Crippen molar-refractivity contribution >= 4 is 51.1 Å². The minimum absolute atomic E-state index is 0.00660. The maximum atomic E-state index is 9.74. The van der Waals surface area contributed by atoms with Crippen LogP contribution < -0.4 is 16.4 Å². The highest BCUT2D eigenvalue weighted by Crippen LogP contribution is 2.33. The Bertz CT molecular complexity index is 1520. The predicted octanol–water partition coefficient (Wildman–Crippen LogP) is 1.93. The van der Waals surface area contributed by atoms with Gasteiger partial charge in [0.25, 0.3) is 6.71 Å². The topological polar surface area (TPSA) is 63.8 Å². The summed E-state index contributed by atoms with van der Waals surface area (Å²) in [5, 5.41) is 9.74. The third kappa shape index (κ3) is 1.51. The van der Waals surface area contributed by atoms with Gasteiger partial charge in [-0.1, -0.05) is 30.3 Å². The van der Waals surface area contributed by atoms with Gasteiger partial charge >= 0.3 is 5.95 Å². The number of imidazole rings is 2. The fraction of sp³-hybridized carbons (Fsp3) is 0. The molecule has 4 heterocycles. The summed E-state index contributed by atoms with van der Waals surface area (Å²) >= 11 is 0. The van der Waals surface area contributed by atoms with Crippen LogP contribution in [0.15, 0.2) is 54.6 Å². The van der Waals surface area contributed by atoms with Gasteiger partial charge in [0.15, 0.2) is 5.52 Å². The SMILES string of the molecule is [C-]#[N+]c1nc2cccc3c2n1-c1cccc2c1B3c1cccc3nc(C#N)n-2c13. The van der Waals surface area contributed by atoms with Gasteiger partial charge in [-0.3, -0.25) is 9.13 Å². The number of nitrogens with zero attached hydrogens (tertiary/aromatic N) is 6. The van der Waals surface area contributed by atoms with Crippen molar-refractivity contribution in [1.82, 2.24) is 19.1 Å². The average Bonchev–Trinajstić information content (AvgIpc) is 3.33. The zero-order valence-electron chi connectivity index (χ0n) is 15.0. The van der Waals surface area contributed by atoms with E-state index in [1.165, 1.54) is 0 Å². The van der Waals surface area contributed by atoms with Crippen LogP contribution in [0.4, 0.5) is 5.95 Å². The molecule has 3 aromatic carbocycles. The molecule has 0 spiro atoms. The lowest BCUT2D eigenvalue weighted by atomic mass is 9.34. The zero-order chi connectivity index (χ0) is 19.3. The van der Waals surface area contributed by atoms with E-state index in [2.05, 4.69) is 33.0 Å². The molecule has 0 fully saturated rings. The summed E-state index contributed by atoms with van der Waals surface area (Å²) in [4.78, 5) is 12.8. The van der Waals surface area contributed by atoms with E-state index in [4.69, 9.17) is 6.57 Å². The number of para-hydroxylation sites is 2. The van der Waals surface area contributed by atoms with E-state index in [1.807, 2.05) is 51.6 Å². The van der Waals surface area contributed by atoms with Crippen LogP contribution in [0.1, 0.15) is 5.82 Å². The summed E-state index contributed by atoms with van der Waals surface area (Å²) in [6.45, 7) is 7.66. The van der Waals surface area contributed by atoms with Gasteiger partial charge in [-0.2, -0.15) is 5.26 Å². The summed E-state index contributed by atoms with van der Waals surface area (Å²) in [5.41, 5.74) is 8.84. The number of hydrogen-bond donors (Lipinski definition) is 0. The van der Waals surface area contributed by atoms with E-state index in [9.17, 15) is 5.26 Å². The number of fused-ring (bicyclic) bond motifs is 4. The van der Waals surface area contributed by atoms with Gasteiger partial charge < -0.3 is 4.85 Å². The second-order valence-corrected chi connectivity index (χ2v) is 7.31. The Morgan fingerprint density at radius 2 is 1.48 bits per heavy atom. The average molecular weight is 368 g/mol. The number of benzene rings is 3. The Morgan fingerprint density at radius 3 is 2.17 bits per heavy atom. The summed E-state index contributed by atoms with van der Waals surface area (Å²) in [5.74, 6) is 0.730. The first-order valence-electron chi connectivity index (χ1n) is 9.25. The molecule has 0 radical (unpaired) electrons. The third-order valence-electron chi connectivity index (χ3n) is 6.05. The van der Waals surface area contributed by atoms with E-state index in [0.717, 1.165) is 49.8 Å². The molecule has 0 aliphatic carbocycles. The molecule has 2 aromatic heterocycles. The Kier molecular flexibility index (Phi) is 2.39. The number of rotatable bonds is 0. The van der Waals surface area contributed by atoms with Crippen LogP contribution in [0.5, 0.6) is 0 Å². The molecule has 7 heteroatoms. The monoisotopic (exact) mass is 368 g/mol. The third-order valence-corrected chi connectivity index (χ3v) is 6.05. The van der Waals surface area contributed by atoms with E-state index >= 15 is 0 Å². The molecule has 2 aliphatic rings. The van der Waals surface area contributed by atoms with Crippen LogP contribution >= 0.6 is 0 Å². The van der Waals surface area contributed by atoms with Crippen LogP contribution in [0.3, 0.4) is 0 Å². The predicted molar refractivity (Wildman–Crippen MR) is 111 cm³/mol. The normalized spacial score (nSPS) is 12.7. The van der Waals surface area contributed by atoms with Gasteiger partial charge in [0, 0.05) is 5.69 Å². The van der Waals surface area contributed by atoms with E-state index in [1.54, 1.807) is 0 Å². The molecular formula is C22H9BN6. The molecule has 6 nitrogen and oxygen atoms in total. The number of hydrogen-bond acceptors (Lipinski definition) is 3. The lowest BCUT2D eigenvalue weighted by molar-refractivity contribution is 1.04. The smallest absolute Gasteiger partial charge is 0.344 e. The van der Waals surface area contributed by atoms with Gasteiger partial charge in [-0.05, 0) is 40.7 Å². The highest BCUT2D eigenvalue weighted by atomic mass is 15.2. The first-order valence-corrected chi connectivity index (χ1v) is 9.25. The van der Waals surface area contributed by atoms with Crippen molar-refractivity contribution in [3.63, 3.8) is 0 Å². The molecule has 5 aromatic rings. The van der Waals surface area contributed by atoms with Gasteiger partial charge in [0.2, 0.25) is 5.82 Å². The largest absolute Gasteiger partial charge is 0.396 e. The molecule has 7 rings (SSSR count). The maximum Gasteiger partial charge on any atom is 0.344 e. The van der Waals surface area contributed by atoms with Crippen molar-refractivity contribution in [3.05, 3.63) is 71.8 Å². The molecule has 0 saturated carbocycles. The minimum atomic E-state index is 0.00660. The number of nitriles is 1. The Labute approximate surface area is 165 Å². The summed E-state index contributed by atoms with van der Waals surface area (Å²) < 4.78 is 3.92. The summed E-state index contributed by atoms with van der Waals surface area (Å²) in [7, 11) is 0.